The van der Waals surface area contributed by atoms with Crippen molar-refractivity contribution in [1.29, 1.82) is 0 Å². The number of nitrogens with two attached hydrogens (primary N) is 1. The second kappa shape index (κ2) is 7.44. The molecule has 0 spiro atoms. The fraction of sp³-hybridized carbons (Fsp3) is 0.263. The van der Waals surface area contributed by atoms with Crippen LogP contribution in [-0.2, 0) is 0 Å². The molecule has 0 unspecified atom stereocenters. The number of Topliss-reactive ketones (excluding diaryl/α,β-unsaturated/α-hetero) is 1. The van der Waals surface area contributed by atoms with Crippen molar-refractivity contribution in [3.8, 4) is 0 Å². The van der Waals surface area contributed by atoms with Crippen LogP contribution in [0.4, 0.5) is 0 Å². The average molecular weight is 434 g/mol. The molecule has 0 atom stereocenters. The van der Waals surface area contributed by atoms with E-state index in [1.807, 2.05) is 18.2 Å². The van der Waals surface area contributed by atoms with Gasteiger partial charge < -0.3 is 10.7 Å². The number of unbranched alkanes of at least 4 members (excludes halogenated alkanes) is 2. The van der Waals surface area contributed by atoms with Crippen molar-refractivity contribution in [2.24, 2.45) is 5.73 Å². The molecule has 0 saturated carbocycles. The minimum Gasteiger partial charge on any atom is -0.354 e. The summed E-state index contributed by atoms with van der Waals surface area (Å²) in [7, 11) is 0. The number of halogens is 1. The van der Waals surface area contributed by atoms with Gasteiger partial charge in [0.25, 0.3) is 0 Å². The predicted octanol–water partition coefficient (Wildman–Crippen LogP) is 3.99. The molecule has 0 bridgehead atoms. The van der Waals surface area contributed by atoms with Crippen molar-refractivity contribution in [2.75, 3.05) is 6.54 Å². The minimum atomic E-state index is -0.0264. The Morgan fingerprint density at radius 2 is 1.88 bits per heavy atom. The molecule has 5 heteroatoms. The summed E-state index contributed by atoms with van der Waals surface area (Å²) < 4.78 is 0.909. The van der Waals surface area contributed by atoms with Gasteiger partial charge in [0.15, 0.2) is 11.2 Å². The molecule has 124 valence electrons. The van der Waals surface area contributed by atoms with E-state index >= 15 is 0 Å². The number of rotatable bonds is 6. The summed E-state index contributed by atoms with van der Waals surface area (Å²) >= 11 is 2.17. The van der Waals surface area contributed by atoms with Crippen LogP contribution in [0.2, 0.25) is 0 Å². The van der Waals surface area contributed by atoms with Gasteiger partial charge in [0, 0.05) is 20.9 Å². The Balaban J connectivity index is 2.09. The van der Waals surface area contributed by atoms with Crippen molar-refractivity contribution in [1.82, 2.24) is 4.98 Å². The van der Waals surface area contributed by atoms with Crippen LogP contribution in [0.3, 0.4) is 0 Å². The fourth-order valence-corrected chi connectivity index (χ4v) is 3.72. The standard InChI is InChI=1S/C19H19IN2O2/c20-14-8-5-9-15-17(14)19(24)13-7-4-6-12(18(13)22-15)16(23)10-2-1-3-11-21/h4-9H,1-3,10-11,21H2,(H,22,24). The van der Waals surface area contributed by atoms with Crippen molar-refractivity contribution >= 4 is 50.2 Å². The van der Waals surface area contributed by atoms with E-state index in [0.717, 1.165) is 28.3 Å². The van der Waals surface area contributed by atoms with E-state index in [-0.39, 0.29) is 11.2 Å². The van der Waals surface area contributed by atoms with Gasteiger partial charge in [0.05, 0.1) is 16.4 Å². The highest BCUT2D eigenvalue weighted by molar-refractivity contribution is 14.1. The molecule has 0 saturated heterocycles. The summed E-state index contributed by atoms with van der Waals surface area (Å²) in [6.45, 7) is 0.653. The molecule has 1 heterocycles. The van der Waals surface area contributed by atoms with Crippen molar-refractivity contribution in [3.05, 3.63) is 55.8 Å². The SMILES string of the molecule is NCCCCCC(=O)c1cccc2c(=O)c3c(I)cccc3[nH]c12. The third-order valence-electron chi connectivity index (χ3n) is 4.22. The molecular weight excluding hydrogens is 415 g/mol. The highest BCUT2D eigenvalue weighted by atomic mass is 127. The lowest BCUT2D eigenvalue weighted by Gasteiger charge is -2.08. The van der Waals surface area contributed by atoms with Crippen LogP contribution in [-0.4, -0.2) is 17.3 Å². The number of carbonyl (C=O) groups is 1. The first kappa shape index (κ1) is 17.1. The Morgan fingerprint density at radius 3 is 2.67 bits per heavy atom. The van der Waals surface area contributed by atoms with Gasteiger partial charge in [0.2, 0.25) is 0 Å². The molecule has 0 aliphatic rings. The highest BCUT2D eigenvalue weighted by Gasteiger charge is 2.14. The number of hydrogen-bond donors (Lipinski definition) is 2. The summed E-state index contributed by atoms with van der Waals surface area (Å²) in [6.07, 6.45) is 3.18. The first-order valence-electron chi connectivity index (χ1n) is 8.10. The maximum atomic E-state index is 12.8. The molecule has 0 aliphatic heterocycles. The maximum Gasteiger partial charge on any atom is 0.198 e. The summed E-state index contributed by atoms with van der Waals surface area (Å²) in [6, 6.07) is 11.1. The van der Waals surface area contributed by atoms with E-state index in [1.54, 1.807) is 18.2 Å². The van der Waals surface area contributed by atoms with E-state index in [9.17, 15) is 9.59 Å². The zero-order valence-electron chi connectivity index (χ0n) is 13.3. The van der Waals surface area contributed by atoms with Crippen LogP contribution >= 0.6 is 22.6 Å². The first-order chi connectivity index (χ1) is 11.6. The molecule has 1 aromatic heterocycles. The molecule has 3 rings (SSSR count). The van der Waals surface area contributed by atoms with Crippen LogP contribution in [0.15, 0.2) is 41.2 Å². The lowest BCUT2D eigenvalue weighted by atomic mass is 10.0. The van der Waals surface area contributed by atoms with Crippen LogP contribution in [0.5, 0.6) is 0 Å². The van der Waals surface area contributed by atoms with Crippen LogP contribution in [0.1, 0.15) is 36.0 Å². The summed E-state index contributed by atoms with van der Waals surface area (Å²) in [5.41, 5.74) is 7.46. The van der Waals surface area contributed by atoms with Gasteiger partial charge in [-0.1, -0.05) is 18.6 Å². The number of aromatic amines is 1. The normalized spacial score (nSPS) is 11.2. The van der Waals surface area contributed by atoms with Crippen LogP contribution < -0.4 is 11.2 Å². The Bertz CT molecular complexity index is 963. The zero-order valence-corrected chi connectivity index (χ0v) is 15.4. The molecule has 24 heavy (non-hydrogen) atoms. The maximum absolute atomic E-state index is 12.8. The molecule has 3 N–H and O–H groups in total. The second-order valence-electron chi connectivity index (χ2n) is 5.87. The molecule has 2 aromatic carbocycles. The average Bonchev–Trinajstić information content (AvgIpc) is 2.58. The number of benzene rings is 2. The van der Waals surface area contributed by atoms with E-state index < -0.39 is 0 Å². The summed E-state index contributed by atoms with van der Waals surface area (Å²) in [4.78, 5) is 28.7. The van der Waals surface area contributed by atoms with Gasteiger partial charge in [-0.3, -0.25) is 9.59 Å². The lowest BCUT2D eigenvalue weighted by molar-refractivity contribution is 0.0980. The number of para-hydroxylation sites is 1. The number of fused-ring (bicyclic) bond motifs is 2. The first-order valence-corrected chi connectivity index (χ1v) is 9.18. The molecular formula is C19H19IN2O2. The number of hydrogen-bond acceptors (Lipinski definition) is 3. The molecule has 0 amide bonds. The van der Waals surface area contributed by atoms with E-state index in [4.69, 9.17) is 5.73 Å². The molecule has 4 nitrogen and oxygen atoms in total. The number of ketones is 1. The number of H-pyrrole nitrogens is 1. The van der Waals surface area contributed by atoms with Gasteiger partial charge in [0.1, 0.15) is 0 Å². The topological polar surface area (TPSA) is 76.0 Å². The number of nitrogens with one attached hydrogen (secondary N) is 1. The fourth-order valence-electron chi connectivity index (χ4n) is 2.98. The summed E-state index contributed by atoms with van der Waals surface area (Å²) in [5, 5.41) is 1.25. The Morgan fingerprint density at radius 1 is 1.08 bits per heavy atom. The Hall–Kier alpha value is -1.73. The lowest BCUT2D eigenvalue weighted by Crippen LogP contribution is -2.09. The third-order valence-corrected chi connectivity index (χ3v) is 5.12. The molecule has 0 fully saturated rings. The van der Waals surface area contributed by atoms with Crippen molar-refractivity contribution in [2.45, 2.75) is 25.7 Å². The third kappa shape index (κ3) is 3.23. The number of aromatic nitrogens is 1. The van der Waals surface area contributed by atoms with Gasteiger partial charge in [-0.25, -0.2) is 0 Å². The Kier molecular flexibility index (Phi) is 5.30. The smallest absolute Gasteiger partial charge is 0.198 e. The predicted molar refractivity (Wildman–Crippen MR) is 107 cm³/mol. The van der Waals surface area contributed by atoms with Crippen LogP contribution in [0, 0.1) is 3.57 Å². The second-order valence-corrected chi connectivity index (χ2v) is 7.03. The van der Waals surface area contributed by atoms with E-state index in [0.29, 0.717) is 34.8 Å². The minimum absolute atomic E-state index is 0.0264. The van der Waals surface area contributed by atoms with Gasteiger partial charge in [-0.2, -0.15) is 0 Å². The molecule has 3 aromatic rings. The Labute approximate surface area is 153 Å². The highest BCUT2D eigenvalue weighted by Crippen LogP contribution is 2.22. The van der Waals surface area contributed by atoms with E-state index in [2.05, 4.69) is 27.6 Å². The molecule has 0 aliphatic carbocycles. The summed E-state index contributed by atoms with van der Waals surface area (Å²) in [5.74, 6) is 0.0678. The zero-order chi connectivity index (χ0) is 17.1. The van der Waals surface area contributed by atoms with Crippen LogP contribution in [0.25, 0.3) is 21.8 Å². The van der Waals surface area contributed by atoms with Crippen molar-refractivity contribution in [3.63, 3.8) is 0 Å². The van der Waals surface area contributed by atoms with Gasteiger partial charge in [-0.05, 0) is 66.2 Å². The van der Waals surface area contributed by atoms with Gasteiger partial charge in [-0.15, -0.1) is 0 Å². The quantitative estimate of drug-likeness (QED) is 0.267. The van der Waals surface area contributed by atoms with Crippen molar-refractivity contribution < 1.29 is 4.79 Å². The number of carbonyl (C=O) groups excluding carboxylic acids is 1. The number of pyridine rings is 1. The monoisotopic (exact) mass is 434 g/mol. The largest absolute Gasteiger partial charge is 0.354 e. The molecule has 0 radical (unpaired) electrons. The van der Waals surface area contributed by atoms with Gasteiger partial charge >= 0.3 is 0 Å². The van der Waals surface area contributed by atoms with E-state index in [1.165, 1.54) is 0 Å².